The molecule has 0 amide bonds. The van der Waals surface area contributed by atoms with Crippen LogP contribution in [-0.2, 0) is 4.43 Å². The molecule has 13 heavy (non-hydrogen) atoms. The molecule has 1 rings (SSSR count). The molecule has 0 fully saturated rings. The van der Waals surface area contributed by atoms with Crippen molar-refractivity contribution in [2.75, 3.05) is 0 Å². The van der Waals surface area contributed by atoms with Gasteiger partial charge in [0, 0.05) is 11.3 Å². The molecule has 0 aliphatic heterocycles. The zero-order valence-electron chi connectivity index (χ0n) is 8.98. The molecule has 0 saturated heterocycles. The van der Waals surface area contributed by atoms with E-state index in [-0.39, 0.29) is 4.87 Å². The van der Waals surface area contributed by atoms with Gasteiger partial charge in [0.25, 0.3) is 0 Å². The van der Waals surface area contributed by atoms with Crippen LogP contribution in [0.3, 0.4) is 0 Å². The van der Waals surface area contributed by atoms with Crippen LogP contribution in [0.2, 0.25) is 19.6 Å². The topological polar surface area (TPSA) is 9.23 Å². The molecule has 1 unspecified atom stereocenters. The molecule has 1 aliphatic rings. The van der Waals surface area contributed by atoms with E-state index in [1.54, 1.807) is 0 Å². The zero-order valence-corrected chi connectivity index (χ0v) is 10.7. The summed E-state index contributed by atoms with van der Waals surface area (Å²) in [6.07, 6.45) is 5.14. The molecule has 0 bridgehead atoms. The van der Waals surface area contributed by atoms with Gasteiger partial charge in [-0.1, -0.05) is 0 Å². The first-order chi connectivity index (χ1) is 5.79. The van der Waals surface area contributed by atoms with Gasteiger partial charge >= 0.3 is 0 Å². The van der Waals surface area contributed by atoms with Crippen molar-refractivity contribution in [3.05, 3.63) is 11.8 Å². The van der Waals surface area contributed by atoms with Crippen LogP contribution >= 0.6 is 11.6 Å². The average molecular weight is 219 g/mol. The molecule has 0 spiro atoms. The SMILES string of the molecule is CC1(Cl)CC=C(O[Si](C)(C)C)CC1. The summed E-state index contributed by atoms with van der Waals surface area (Å²) in [4.78, 5) is -0.0354. The fourth-order valence-electron chi connectivity index (χ4n) is 1.40. The maximum absolute atomic E-state index is 6.22. The van der Waals surface area contributed by atoms with E-state index in [1.807, 2.05) is 0 Å². The van der Waals surface area contributed by atoms with Gasteiger partial charge < -0.3 is 4.43 Å². The van der Waals surface area contributed by atoms with Crippen LogP contribution in [0.15, 0.2) is 11.8 Å². The van der Waals surface area contributed by atoms with Gasteiger partial charge in [-0.3, -0.25) is 0 Å². The Morgan fingerprint density at radius 1 is 1.46 bits per heavy atom. The summed E-state index contributed by atoms with van der Waals surface area (Å²) in [7, 11) is -1.40. The summed E-state index contributed by atoms with van der Waals surface area (Å²) >= 11 is 6.22. The molecule has 76 valence electrons. The second-order valence-electron chi connectivity index (χ2n) is 5.00. The van der Waals surface area contributed by atoms with Crippen LogP contribution in [0.4, 0.5) is 0 Å². The molecular weight excluding hydrogens is 200 g/mol. The summed E-state index contributed by atoms with van der Waals surface area (Å²) in [5, 5.41) is 0. The number of halogens is 1. The lowest BCUT2D eigenvalue weighted by Gasteiger charge is -2.30. The molecular formula is C10H19ClOSi. The minimum absolute atomic E-state index is 0.0354. The molecule has 1 aliphatic carbocycles. The predicted molar refractivity (Wildman–Crippen MR) is 60.6 cm³/mol. The van der Waals surface area contributed by atoms with Crippen molar-refractivity contribution in [2.24, 2.45) is 0 Å². The summed E-state index contributed by atoms with van der Waals surface area (Å²) in [5.74, 6) is 1.16. The molecule has 0 N–H and O–H groups in total. The Morgan fingerprint density at radius 2 is 2.08 bits per heavy atom. The largest absolute Gasteiger partial charge is 0.548 e. The van der Waals surface area contributed by atoms with Gasteiger partial charge in [0.1, 0.15) is 0 Å². The monoisotopic (exact) mass is 218 g/mol. The minimum Gasteiger partial charge on any atom is -0.548 e. The smallest absolute Gasteiger partial charge is 0.241 e. The maximum atomic E-state index is 6.22. The Morgan fingerprint density at radius 3 is 2.46 bits per heavy atom. The van der Waals surface area contributed by atoms with Crippen molar-refractivity contribution < 1.29 is 4.43 Å². The Labute approximate surface area is 87.2 Å². The highest BCUT2D eigenvalue weighted by molar-refractivity contribution is 6.70. The van der Waals surface area contributed by atoms with Crippen molar-refractivity contribution in [1.29, 1.82) is 0 Å². The van der Waals surface area contributed by atoms with Crippen molar-refractivity contribution in [3.63, 3.8) is 0 Å². The van der Waals surface area contributed by atoms with Crippen molar-refractivity contribution in [2.45, 2.75) is 50.7 Å². The number of alkyl halides is 1. The van der Waals surface area contributed by atoms with Crippen LogP contribution in [0.1, 0.15) is 26.2 Å². The Hall–Kier alpha value is 0.0469. The van der Waals surface area contributed by atoms with Gasteiger partial charge in [-0.2, -0.15) is 0 Å². The first kappa shape index (κ1) is 11.1. The molecule has 0 aromatic heterocycles. The Kier molecular flexibility index (Phi) is 3.13. The van der Waals surface area contributed by atoms with Gasteiger partial charge in [-0.05, 0) is 45.5 Å². The number of hydrogen-bond acceptors (Lipinski definition) is 1. The highest BCUT2D eigenvalue weighted by Gasteiger charge is 2.26. The zero-order chi connectivity index (χ0) is 10.1. The molecule has 0 saturated carbocycles. The highest BCUT2D eigenvalue weighted by atomic mass is 35.5. The first-order valence-corrected chi connectivity index (χ1v) is 8.64. The van der Waals surface area contributed by atoms with Crippen LogP contribution < -0.4 is 0 Å². The third-order valence-corrected chi connectivity index (χ3v) is 3.30. The number of allylic oxidation sites excluding steroid dienone is 2. The summed E-state index contributed by atoms with van der Waals surface area (Å²) < 4.78 is 5.91. The molecule has 0 radical (unpaired) electrons. The number of hydrogen-bond donors (Lipinski definition) is 0. The fourth-order valence-corrected chi connectivity index (χ4v) is 2.54. The summed E-state index contributed by atoms with van der Waals surface area (Å²) in [6.45, 7) is 8.73. The molecule has 0 aromatic carbocycles. The van der Waals surface area contributed by atoms with Crippen molar-refractivity contribution in [1.82, 2.24) is 0 Å². The lowest BCUT2D eigenvalue weighted by atomic mass is 9.94. The lowest BCUT2D eigenvalue weighted by molar-refractivity contribution is 0.363. The molecule has 1 nitrogen and oxygen atoms in total. The third-order valence-electron chi connectivity index (χ3n) is 2.09. The molecule has 1 atom stereocenters. The Balaban J connectivity index is 2.52. The highest BCUT2D eigenvalue weighted by Crippen LogP contribution is 2.33. The van der Waals surface area contributed by atoms with Crippen LogP contribution in [0.5, 0.6) is 0 Å². The molecule has 3 heteroatoms. The number of rotatable bonds is 2. The van der Waals surface area contributed by atoms with E-state index < -0.39 is 8.32 Å². The average Bonchev–Trinajstić information content (AvgIpc) is 1.91. The van der Waals surface area contributed by atoms with E-state index in [2.05, 4.69) is 32.6 Å². The Bertz CT molecular complexity index is 215. The lowest BCUT2D eigenvalue weighted by Crippen LogP contribution is -2.28. The molecule has 0 heterocycles. The van der Waals surface area contributed by atoms with Crippen LogP contribution in [-0.4, -0.2) is 13.2 Å². The van der Waals surface area contributed by atoms with Crippen molar-refractivity contribution >= 4 is 19.9 Å². The summed E-state index contributed by atoms with van der Waals surface area (Å²) in [5.41, 5.74) is 0. The standard InChI is InChI=1S/C10H19ClOSi/c1-10(11)7-5-9(6-8-10)12-13(2,3)4/h5H,6-8H2,1-4H3. The summed E-state index contributed by atoms with van der Waals surface area (Å²) in [6, 6.07) is 0. The first-order valence-electron chi connectivity index (χ1n) is 4.85. The van der Waals surface area contributed by atoms with Gasteiger partial charge in [0.2, 0.25) is 8.32 Å². The fraction of sp³-hybridized carbons (Fsp3) is 0.800. The second-order valence-corrected chi connectivity index (χ2v) is 10.3. The van der Waals surface area contributed by atoms with E-state index in [1.165, 1.54) is 0 Å². The maximum Gasteiger partial charge on any atom is 0.241 e. The van der Waals surface area contributed by atoms with Gasteiger partial charge in [0.15, 0.2) is 0 Å². The van der Waals surface area contributed by atoms with Gasteiger partial charge in [-0.25, -0.2) is 0 Å². The van der Waals surface area contributed by atoms with E-state index >= 15 is 0 Å². The quantitative estimate of drug-likeness (QED) is 0.505. The van der Waals surface area contributed by atoms with Crippen LogP contribution in [0.25, 0.3) is 0 Å². The second kappa shape index (κ2) is 3.66. The normalized spacial score (nSPS) is 29.8. The van der Waals surface area contributed by atoms with Crippen molar-refractivity contribution in [3.8, 4) is 0 Å². The van der Waals surface area contributed by atoms with Gasteiger partial charge in [-0.15, -0.1) is 11.6 Å². The van der Waals surface area contributed by atoms with E-state index in [9.17, 15) is 0 Å². The third kappa shape index (κ3) is 4.18. The van der Waals surface area contributed by atoms with E-state index in [0.717, 1.165) is 25.0 Å². The predicted octanol–water partition coefficient (Wildman–Crippen LogP) is 3.90. The minimum atomic E-state index is -1.40. The molecule has 0 aromatic rings. The van der Waals surface area contributed by atoms with Gasteiger partial charge in [0.05, 0.1) is 5.76 Å². The van der Waals surface area contributed by atoms with Crippen LogP contribution in [0, 0.1) is 0 Å². The van der Waals surface area contributed by atoms with E-state index in [4.69, 9.17) is 16.0 Å². The van der Waals surface area contributed by atoms with E-state index in [0.29, 0.717) is 0 Å².